The van der Waals surface area contributed by atoms with E-state index in [1.54, 1.807) is 12.0 Å². The Hall–Kier alpha value is -6.19. The number of carbonyl (C=O) groups excluding carboxylic acids is 3. The summed E-state index contributed by atoms with van der Waals surface area (Å²) in [5, 5.41) is 6.75. The van der Waals surface area contributed by atoms with Crippen LogP contribution in [0.15, 0.2) is 72.8 Å². The van der Waals surface area contributed by atoms with Crippen molar-refractivity contribution in [1.82, 2.24) is 35.1 Å². The number of fused-ring (bicyclic) bond motifs is 6. The van der Waals surface area contributed by atoms with Gasteiger partial charge < -0.3 is 34.6 Å². The van der Waals surface area contributed by atoms with Crippen LogP contribution >= 0.6 is 0 Å². The molecule has 3 N–H and O–H groups in total. The van der Waals surface area contributed by atoms with Gasteiger partial charge in [-0.3, -0.25) is 9.59 Å². The van der Waals surface area contributed by atoms with Crippen molar-refractivity contribution in [1.29, 1.82) is 0 Å². The van der Waals surface area contributed by atoms with Crippen molar-refractivity contribution in [3.8, 4) is 23.5 Å². The lowest BCUT2D eigenvalue weighted by atomic mass is 9.98. The molecule has 7 rings (SSSR count). The lowest BCUT2D eigenvalue weighted by molar-refractivity contribution is -0.135. The average molecular weight is 782 g/mol. The summed E-state index contributed by atoms with van der Waals surface area (Å²) in [5.41, 5.74) is 6.21. The third-order valence-corrected chi connectivity index (χ3v) is 11.1. The molecule has 0 radical (unpaired) electrons. The lowest BCUT2D eigenvalue weighted by Gasteiger charge is -2.30. The fourth-order valence-corrected chi connectivity index (χ4v) is 8.15. The molecule has 1 aliphatic heterocycles. The maximum absolute atomic E-state index is 14.0. The molecule has 58 heavy (non-hydrogen) atoms. The molecule has 0 unspecified atom stereocenters. The van der Waals surface area contributed by atoms with E-state index < -0.39 is 18.2 Å². The third-order valence-electron chi connectivity index (χ3n) is 11.1. The minimum absolute atomic E-state index is 0.118. The van der Waals surface area contributed by atoms with Crippen LogP contribution in [0.2, 0.25) is 0 Å². The molecule has 0 saturated carbocycles. The van der Waals surface area contributed by atoms with E-state index in [4.69, 9.17) is 25.9 Å². The summed E-state index contributed by atoms with van der Waals surface area (Å²) in [5.74, 6) is 3.57. The molecule has 0 spiro atoms. The summed E-state index contributed by atoms with van der Waals surface area (Å²) in [7, 11) is 2.95. The Morgan fingerprint density at radius 1 is 0.966 bits per heavy atom. The lowest BCUT2D eigenvalue weighted by Crippen LogP contribution is -2.51. The molecular formula is C46H51N7O5. The van der Waals surface area contributed by atoms with Crippen molar-refractivity contribution in [3.05, 3.63) is 84.5 Å². The Bertz CT molecular complexity index is 2580. The number of aromatic nitrogens is 4. The van der Waals surface area contributed by atoms with Crippen molar-refractivity contribution >= 4 is 61.5 Å². The average Bonchev–Trinajstić information content (AvgIpc) is 3.93. The summed E-state index contributed by atoms with van der Waals surface area (Å²) in [6, 6.07) is 19.5. The largest absolute Gasteiger partial charge is 0.453 e. The zero-order chi connectivity index (χ0) is 41.2. The van der Waals surface area contributed by atoms with Crippen molar-refractivity contribution in [3.63, 3.8) is 0 Å². The summed E-state index contributed by atoms with van der Waals surface area (Å²) in [6.45, 7) is 14.0. The predicted molar refractivity (Wildman–Crippen MR) is 228 cm³/mol. The van der Waals surface area contributed by atoms with E-state index in [0.717, 1.165) is 67.0 Å². The van der Waals surface area contributed by atoms with Crippen molar-refractivity contribution in [2.24, 2.45) is 17.8 Å². The van der Waals surface area contributed by atoms with Gasteiger partial charge in [0.15, 0.2) is 0 Å². The molecule has 3 heterocycles. The Labute approximate surface area is 338 Å². The normalized spacial score (nSPS) is 16.7. The number of carbonyl (C=O) groups is 3. The fraction of sp³-hybridized carbons (Fsp3) is 0.370. The topological polar surface area (TPSA) is 146 Å². The zero-order valence-electron chi connectivity index (χ0n) is 34.0. The number of ether oxygens (including phenoxy) is 2. The molecule has 4 atom stereocenters. The number of H-pyrrole nitrogens is 2. The molecule has 3 amide bonds. The van der Waals surface area contributed by atoms with Gasteiger partial charge in [-0.05, 0) is 70.0 Å². The number of hydrogen-bond acceptors (Lipinski definition) is 7. The number of nitrogens with zero attached hydrogens (tertiary/aromatic N) is 4. The molecule has 2 aromatic heterocycles. The van der Waals surface area contributed by atoms with Gasteiger partial charge in [-0.15, -0.1) is 6.42 Å². The van der Waals surface area contributed by atoms with E-state index in [0.29, 0.717) is 37.5 Å². The number of hydrogen-bond donors (Lipinski definition) is 3. The van der Waals surface area contributed by atoms with Crippen LogP contribution in [0.4, 0.5) is 4.79 Å². The molecule has 1 fully saturated rings. The minimum atomic E-state index is -0.820. The van der Waals surface area contributed by atoms with Crippen molar-refractivity contribution in [2.45, 2.75) is 59.2 Å². The second-order valence-electron chi connectivity index (χ2n) is 15.7. The first-order valence-electron chi connectivity index (χ1n) is 19.8. The minimum Gasteiger partial charge on any atom is -0.453 e. The van der Waals surface area contributed by atoms with Gasteiger partial charge in [0.25, 0.3) is 0 Å². The Morgan fingerprint density at radius 3 is 2.19 bits per heavy atom. The Balaban J connectivity index is 1.17. The number of terminal acetylenes is 1. The molecule has 1 aliphatic rings. The van der Waals surface area contributed by atoms with Crippen LogP contribution in [0.1, 0.15) is 58.2 Å². The SMILES string of the molecule is C#C[C@@H]1CN(C(=O)[C@@H](NC(=O)OC)C(C)C)[C@H](c2nc3c(ccc4cc(-c5ccc6c(ccc7[nH]c(CN(C[C@H](C)COC)C(=O)CCC)nc76)c5)ccc43)[nH]2)C1=C. The monoisotopic (exact) mass is 781 g/mol. The number of benzene rings is 4. The van der Waals surface area contributed by atoms with E-state index in [1.807, 2.05) is 37.8 Å². The number of nitrogens with one attached hydrogen (secondary N) is 3. The quantitative estimate of drug-likeness (QED) is 0.0798. The van der Waals surface area contributed by atoms with Crippen LogP contribution in [-0.4, -0.2) is 87.6 Å². The van der Waals surface area contributed by atoms with Crippen LogP contribution < -0.4 is 5.32 Å². The van der Waals surface area contributed by atoms with Gasteiger partial charge in [-0.1, -0.05) is 76.6 Å². The number of methoxy groups -OCH3 is 2. The number of likely N-dealkylation sites (tertiary alicyclic amines) is 1. The summed E-state index contributed by atoms with van der Waals surface area (Å²) in [6.07, 6.45) is 6.51. The third kappa shape index (κ3) is 7.74. The van der Waals surface area contributed by atoms with Crippen LogP contribution in [-0.2, 0) is 25.6 Å². The van der Waals surface area contributed by atoms with E-state index in [9.17, 15) is 14.4 Å². The van der Waals surface area contributed by atoms with Gasteiger partial charge in [0.2, 0.25) is 11.8 Å². The maximum Gasteiger partial charge on any atom is 0.407 e. The van der Waals surface area contributed by atoms with Crippen LogP contribution in [0, 0.1) is 30.1 Å². The van der Waals surface area contributed by atoms with E-state index in [1.165, 1.54) is 7.11 Å². The van der Waals surface area contributed by atoms with Crippen molar-refractivity contribution in [2.75, 3.05) is 33.9 Å². The van der Waals surface area contributed by atoms with Gasteiger partial charge in [0, 0.05) is 37.4 Å². The highest BCUT2D eigenvalue weighted by Crippen LogP contribution is 2.40. The highest BCUT2D eigenvalue weighted by molar-refractivity contribution is 6.07. The highest BCUT2D eigenvalue weighted by atomic mass is 16.5. The van der Waals surface area contributed by atoms with E-state index in [2.05, 4.69) is 83.2 Å². The van der Waals surface area contributed by atoms with Crippen LogP contribution in [0.5, 0.6) is 0 Å². The second kappa shape index (κ2) is 16.7. The van der Waals surface area contributed by atoms with Gasteiger partial charge in [0.05, 0.1) is 48.2 Å². The summed E-state index contributed by atoms with van der Waals surface area (Å²) < 4.78 is 10.1. The predicted octanol–water partition coefficient (Wildman–Crippen LogP) is 7.89. The molecule has 12 heteroatoms. The van der Waals surface area contributed by atoms with Crippen molar-refractivity contribution < 1.29 is 23.9 Å². The van der Waals surface area contributed by atoms with E-state index >= 15 is 0 Å². The highest BCUT2D eigenvalue weighted by Gasteiger charge is 2.43. The number of imidazole rings is 2. The number of rotatable bonds is 13. The summed E-state index contributed by atoms with van der Waals surface area (Å²) in [4.78, 5) is 59.7. The molecule has 300 valence electrons. The maximum atomic E-state index is 14.0. The molecule has 6 aromatic rings. The first kappa shape index (κ1) is 40.0. The van der Waals surface area contributed by atoms with Gasteiger partial charge in [0.1, 0.15) is 23.7 Å². The van der Waals surface area contributed by atoms with Crippen LogP contribution in [0.3, 0.4) is 0 Å². The Morgan fingerprint density at radius 2 is 1.60 bits per heavy atom. The molecule has 0 aliphatic carbocycles. The molecule has 4 aromatic carbocycles. The van der Waals surface area contributed by atoms with Gasteiger partial charge >= 0.3 is 6.09 Å². The van der Waals surface area contributed by atoms with Crippen LogP contribution in [0.25, 0.3) is 54.7 Å². The number of aromatic amines is 2. The fourth-order valence-electron chi connectivity index (χ4n) is 8.15. The second-order valence-corrected chi connectivity index (χ2v) is 15.7. The molecule has 1 saturated heterocycles. The van der Waals surface area contributed by atoms with Gasteiger partial charge in [-0.25, -0.2) is 14.8 Å². The number of alkyl carbamates (subject to hydrolysis) is 1. The summed E-state index contributed by atoms with van der Waals surface area (Å²) >= 11 is 0. The smallest absolute Gasteiger partial charge is 0.407 e. The first-order valence-corrected chi connectivity index (χ1v) is 19.8. The Kier molecular flexibility index (Phi) is 11.5. The van der Waals surface area contributed by atoms with E-state index in [-0.39, 0.29) is 36.1 Å². The zero-order valence-corrected chi connectivity index (χ0v) is 34.0. The number of amides is 3. The molecule has 0 bridgehead atoms. The van der Waals surface area contributed by atoms with Gasteiger partial charge in [-0.2, -0.15) is 0 Å². The standard InChI is InChI=1S/C46H51N7O5/c1-9-11-39(54)52(22-27(5)25-57-7)24-38-47-36-18-14-32-20-30(12-16-34(32)41(36)49-38)31-13-17-35-33(21-31)15-19-37-42(35)50-44(48-37)43-28(6)29(10-2)23-53(43)45(55)40(26(3)4)51-46(56)58-8/h2,12-21,26-27,29,40,43H,6,9,11,22-25H2,1,3-5,7-8H3,(H,47,49)(H,48,50)(H,51,56)/t27-,29+,40-,43-/m0/s1. The first-order chi connectivity index (χ1) is 27.9. The molecule has 12 nitrogen and oxygen atoms in total. The molecular weight excluding hydrogens is 731 g/mol.